The van der Waals surface area contributed by atoms with Gasteiger partial charge in [0.2, 0.25) is 0 Å². The van der Waals surface area contributed by atoms with Gasteiger partial charge in [-0.15, -0.1) is 0 Å². The smallest absolute Gasteiger partial charge is 0.150 e. The van der Waals surface area contributed by atoms with Crippen molar-refractivity contribution in [1.82, 2.24) is 9.78 Å². The topological polar surface area (TPSA) is 27.1 Å². The van der Waals surface area contributed by atoms with Crippen LogP contribution in [0.3, 0.4) is 0 Å². The minimum atomic E-state index is -0.156. The summed E-state index contributed by atoms with van der Waals surface area (Å²) in [6.45, 7) is 0.754. The Morgan fingerprint density at radius 3 is 2.79 bits per heavy atom. The predicted octanol–water partition coefficient (Wildman–Crippen LogP) is 4.66. The summed E-state index contributed by atoms with van der Waals surface area (Å²) in [6.07, 6.45) is 6.44. The van der Waals surface area contributed by atoms with Gasteiger partial charge in [0.05, 0.1) is 11.7 Å². The Hall–Kier alpha value is -2.20. The molecule has 124 valence electrons. The van der Waals surface area contributed by atoms with Gasteiger partial charge >= 0.3 is 0 Å². The number of rotatable bonds is 4. The third-order valence-electron chi connectivity index (χ3n) is 4.72. The van der Waals surface area contributed by atoms with Crippen LogP contribution in [0.25, 0.3) is 10.9 Å². The van der Waals surface area contributed by atoms with E-state index >= 15 is 0 Å². The van der Waals surface area contributed by atoms with Gasteiger partial charge in [-0.2, -0.15) is 5.10 Å². The van der Waals surface area contributed by atoms with Gasteiger partial charge in [-0.05, 0) is 49.3 Å². The molecule has 24 heavy (non-hydrogen) atoms. The molecule has 0 aliphatic carbocycles. The molecule has 1 saturated heterocycles. The van der Waals surface area contributed by atoms with Crippen molar-refractivity contribution >= 4 is 10.9 Å². The molecule has 3 nitrogen and oxygen atoms in total. The van der Waals surface area contributed by atoms with E-state index in [9.17, 15) is 4.39 Å². The average molecular weight is 324 g/mol. The lowest BCUT2D eigenvalue weighted by atomic mass is 10.0. The van der Waals surface area contributed by atoms with Crippen LogP contribution in [0.4, 0.5) is 4.39 Å². The SMILES string of the molecule is Fc1cc2c(cnn2C2CCCCO2)cc1CCc1ccccc1. The summed E-state index contributed by atoms with van der Waals surface area (Å²) in [5.74, 6) is -0.156. The molecular formula is C20H21FN2O. The third-order valence-corrected chi connectivity index (χ3v) is 4.72. The average Bonchev–Trinajstić information content (AvgIpc) is 3.04. The zero-order valence-electron chi connectivity index (χ0n) is 13.6. The van der Waals surface area contributed by atoms with Gasteiger partial charge in [0.25, 0.3) is 0 Å². The Morgan fingerprint density at radius 2 is 2.00 bits per heavy atom. The van der Waals surface area contributed by atoms with Crippen molar-refractivity contribution in [1.29, 1.82) is 0 Å². The summed E-state index contributed by atoms with van der Waals surface area (Å²) >= 11 is 0. The summed E-state index contributed by atoms with van der Waals surface area (Å²) in [5.41, 5.74) is 2.79. The summed E-state index contributed by atoms with van der Waals surface area (Å²) in [5, 5.41) is 5.42. The first-order valence-corrected chi connectivity index (χ1v) is 8.62. The Morgan fingerprint density at radius 1 is 1.12 bits per heavy atom. The number of aromatic nitrogens is 2. The molecular weight excluding hydrogens is 303 g/mol. The standard InChI is InChI=1S/C20H21FN2O/c21-18-13-19-17(14-22-23(19)20-8-4-5-11-24-20)12-16(18)10-9-15-6-2-1-3-7-15/h1-3,6-7,12-14,20H,4-5,8-11H2. The Bertz CT molecular complexity index is 822. The molecule has 0 radical (unpaired) electrons. The van der Waals surface area contributed by atoms with E-state index in [1.165, 1.54) is 5.56 Å². The number of hydrogen-bond acceptors (Lipinski definition) is 2. The fourth-order valence-corrected chi connectivity index (χ4v) is 3.38. The Labute approximate surface area is 141 Å². The second-order valence-corrected chi connectivity index (χ2v) is 6.40. The molecule has 3 aromatic rings. The molecule has 0 saturated carbocycles. The third kappa shape index (κ3) is 3.06. The maximum Gasteiger partial charge on any atom is 0.150 e. The van der Waals surface area contributed by atoms with Crippen LogP contribution in [0, 0.1) is 5.82 Å². The molecule has 0 N–H and O–H groups in total. The van der Waals surface area contributed by atoms with Crippen molar-refractivity contribution in [3.05, 3.63) is 65.6 Å². The molecule has 1 unspecified atom stereocenters. The molecule has 0 spiro atoms. The quantitative estimate of drug-likeness (QED) is 0.698. The highest BCUT2D eigenvalue weighted by atomic mass is 19.1. The van der Waals surface area contributed by atoms with Crippen molar-refractivity contribution < 1.29 is 9.13 Å². The zero-order chi connectivity index (χ0) is 16.4. The van der Waals surface area contributed by atoms with E-state index in [4.69, 9.17) is 4.74 Å². The molecule has 1 aliphatic rings. The van der Waals surface area contributed by atoms with E-state index in [2.05, 4.69) is 17.2 Å². The lowest BCUT2D eigenvalue weighted by Crippen LogP contribution is -2.19. The predicted molar refractivity (Wildman–Crippen MR) is 92.4 cm³/mol. The lowest BCUT2D eigenvalue weighted by molar-refractivity contribution is -0.0366. The van der Waals surface area contributed by atoms with Crippen molar-refractivity contribution in [2.24, 2.45) is 0 Å². The maximum absolute atomic E-state index is 14.6. The van der Waals surface area contributed by atoms with Gasteiger partial charge in [-0.25, -0.2) is 9.07 Å². The first-order chi connectivity index (χ1) is 11.8. The molecule has 4 heteroatoms. The van der Waals surface area contributed by atoms with E-state index in [-0.39, 0.29) is 12.0 Å². The number of aryl methyl sites for hydroxylation is 2. The zero-order valence-corrected chi connectivity index (χ0v) is 13.6. The van der Waals surface area contributed by atoms with Crippen molar-refractivity contribution in [3.63, 3.8) is 0 Å². The van der Waals surface area contributed by atoms with Crippen LogP contribution in [0.1, 0.15) is 36.6 Å². The molecule has 0 bridgehead atoms. The minimum absolute atomic E-state index is 0.0641. The Kier molecular flexibility index (Phi) is 4.30. The number of fused-ring (bicyclic) bond motifs is 1. The van der Waals surface area contributed by atoms with Crippen molar-refractivity contribution in [2.75, 3.05) is 6.61 Å². The number of benzene rings is 2. The minimum Gasteiger partial charge on any atom is -0.356 e. The first-order valence-electron chi connectivity index (χ1n) is 8.62. The van der Waals surface area contributed by atoms with Crippen LogP contribution in [0.2, 0.25) is 0 Å². The monoisotopic (exact) mass is 324 g/mol. The van der Waals surface area contributed by atoms with Gasteiger partial charge in [-0.1, -0.05) is 30.3 Å². The highest BCUT2D eigenvalue weighted by Crippen LogP contribution is 2.28. The molecule has 2 aromatic carbocycles. The van der Waals surface area contributed by atoms with Crippen LogP contribution in [0.15, 0.2) is 48.7 Å². The van der Waals surface area contributed by atoms with Gasteiger partial charge in [0.1, 0.15) is 5.82 Å². The van der Waals surface area contributed by atoms with Crippen molar-refractivity contribution in [3.8, 4) is 0 Å². The van der Waals surface area contributed by atoms with Gasteiger partial charge in [0, 0.05) is 18.1 Å². The fraction of sp³-hybridized carbons (Fsp3) is 0.350. The molecule has 1 fully saturated rings. The summed E-state index contributed by atoms with van der Waals surface area (Å²) in [7, 11) is 0. The van der Waals surface area contributed by atoms with Gasteiger partial charge < -0.3 is 4.74 Å². The lowest BCUT2D eigenvalue weighted by Gasteiger charge is -2.23. The van der Waals surface area contributed by atoms with Crippen LogP contribution in [-0.2, 0) is 17.6 Å². The molecule has 1 aromatic heterocycles. The van der Waals surface area contributed by atoms with E-state index in [1.54, 1.807) is 6.07 Å². The summed E-state index contributed by atoms with van der Waals surface area (Å²) < 4.78 is 22.2. The van der Waals surface area contributed by atoms with E-state index in [1.807, 2.05) is 35.1 Å². The van der Waals surface area contributed by atoms with E-state index in [0.717, 1.165) is 48.8 Å². The Balaban J connectivity index is 1.58. The van der Waals surface area contributed by atoms with Crippen LogP contribution in [-0.4, -0.2) is 16.4 Å². The van der Waals surface area contributed by atoms with Crippen LogP contribution in [0.5, 0.6) is 0 Å². The summed E-state index contributed by atoms with van der Waals surface area (Å²) in [6, 6.07) is 13.7. The number of ether oxygens (including phenoxy) is 1. The molecule has 4 rings (SSSR count). The van der Waals surface area contributed by atoms with Gasteiger partial charge in [0.15, 0.2) is 6.23 Å². The first kappa shape index (κ1) is 15.3. The van der Waals surface area contributed by atoms with E-state index < -0.39 is 0 Å². The van der Waals surface area contributed by atoms with Crippen LogP contribution < -0.4 is 0 Å². The summed E-state index contributed by atoms with van der Waals surface area (Å²) in [4.78, 5) is 0. The second-order valence-electron chi connectivity index (χ2n) is 6.40. The molecule has 0 amide bonds. The highest BCUT2D eigenvalue weighted by molar-refractivity contribution is 5.79. The van der Waals surface area contributed by atoms with E-state index in [0.29, 0.717) is 6.42 Å². The molecule has 1 atom stereocenters. The molecule has 2 heterocycles. The molecule has 1 aliphatic heterocycles. The largest absolute Gasteiger partial charge is 0.356 e. The normalized spacial score (nSPS) is 18.1. The number of nitrogens with zero attached hydrogens (tertiary/aromatic N) is 2. The number of hydrogen-bond donors (Lipinski definition) is 0. The van der Waals surface area contributed by atoms with Crippen molar-refractivity contribution in [2.45, 2.75) is 38.3 Å². The van der Waals surface area contributed by atoms with Crippen LogP contribution >= 0.6 is 0 Å². The highest BCUT2D eigenvalue weighted by Gasteiger charge is 2.19. The van der Waals surface area contributed by atoms with Gasteiger partial charge in [-0.3, -0.25) is 0 Å². The second kappa shape index (κ2) is 6.73. The fourth-order valence-electron chi connectivity index (χ4n) is 3.38. The maximum atomic E-state index is 14.6. The number of halogens is 1.